The van der Waals surface area contributed by atoms with E-state index in [0.717, 1.165) is 18.2 Å². The Balaban J connectivity index is 1.95. The average Bonchev–Trinajstić information content (AvgIpc) is 2.46. The Morgan fingerprint density at radius 2 is 1.89 bits per heavy atom. The summed E-state index contributed by atoms with van der Waals surface area (Å²) < 4.78 is 0. The minimum Gasteiger partial charge on any atom is -0.348 e. The van der Waals surface area contributed by atoms with Gasteiger partial charge in [0.05, 0.1) is 6.04 Å². The number of carbonyl (C=O) groups excluding carboxylic acids is 1. The van der Waals surface area contributed by atoms with Crippen molar-refractivity contribution in [1.29, 1.82) is 0 Å². The van der Waals surface area contributed by atoms with E-state index in [1.165, 1.54) is 24.8 Å². The van der Waals surface area contributed by atoms with E-state index in [1.54, 1.807) is 0 Å². The van der Waals surface area contributed by atoms with Gasteiger partial charge in [0, 0.05) is 11.2 Å². The van der Waals surface area contributed by atoms with Crippen molar-refractivity contribution in [3.8, 4) is 0 Å². The monoisotopic (exact) mass is 309 g/mol. The molecule has 0 aliphatic heterocycles. The Bertz CT molecular complexity index is 373. The molecule has 1 saturated carbocycles. The molecule has 1 amide bonds. The molecular formula is C15H20BrNO. The van der Waals surface area contributed by atoms with Crippen LogP contribution < -0.4 is 5.32 Å². The third-order valence-electron chi connectivity index (χ3n) is 3.65. The molecule has 1 aliphatic rings. The molecule has 98 valence electrons. The first kappa shape index (κ1) is 13.6. The molecule has 0 bridgehead atoms. The molecule has 0 radical (unpaired) electrons. The fourth-order valence-corrected chi connectivity index (χ4v) is 3.09. The summed E-state index contributed by atoms with van der Waals surface area (Å²) in [6, 6.07) is 10.2. The molecule has 0 aromatic heterocycles. The van der Waals surface area contributed by atoms with Gasteiger partial charge >= 0.3 is 0 Å². The maximum atomic E-state index is 12.2. The van der Waals surface area contributed by atoms with E-state index in [1.807, 2.05) is 18.2 Å². The standard InChI is InChI=1S/C15H20BrNO/c16-11-14(12-7-3-1-4-8-12)17-15(18)13-9-5-2-6-10-13/h1,3-4,7-8,13-14H,2,5-6,9-11H2,(H,17,18). The number of alkyl halides is 1. The topological polar surface area (TPSA) is 29.1 Å². The molecule has 1 aromatic rings. The number of amides is 1. The van der Waals surface area contributed by atoms with Gasteiger partial charge in [0.2, 0.25) is 5.91 Å². The third-order valence-corrected chi connectivity index (χ3v) is 4.30. The van der Waals surface area contributed by atoms with E-state index in [2.05, 4.69) is 33.4 Å². The van der Waals surface area contributed by atoms with Crippen molar-refractivity contribution >= 4 is 21.8 Å². The molecule has 2 nitrogen and oxygen atoms in total. The molecule has 0 heterocycles. The molecule has 0 saturated heterocycles. The smallest absolute Gasteiger partial charge is 0.223 e. The molecule has 1 aromatic carbocycles. The van der Waals surface area contributed by atoms with Gasteiger partial charge in [-0.25, -0.2) is 0 Å². The Kier molecular flexibility index (Phi) is 5.24. The predicted octanol–water partition coefficient (Wildman–Crippen LogP) is 3.82. The molecule has 1 unspecified atom stereocenters. The second-order valence-electron chi connectivity index (χ2n) is 4.96. The fraction of sp³-hybridized carbons (Fsp3) is 0.533. The van der Waals surface area contributed by atoms with Crippen molar-refractivity contribution in [3.05, 3.63) is 35.9 Å². The molecular weight excluding hydrogens is 290 g/mol. The number of nitrogens with one attached hydrogen (secondary N) is 1. The Morgan fingerprint density at radius 1 is 1.22 bits per heavy atom. The number of halogens is 1. The van der Waals surface area contributed by atoms with Crippen LogP contribution in [0, 0.1) is 5.92 Å². The van der Waals surface area contributed by atoms with Crippen LogP contribution >= 0.6 is 15.9 Å². The number of rotatable bonds is 4. The van der Waals surface area contributed by atoms with Crippen LogP contribution in [0.4, 0.5) is 0 Å². The van der Waals surface area contributed by atoms with E-state index in [-0.39, 0.29) is 17.9 Å². The fourth-order valence-electron chi connectivity index (χ4n) is 2.55. The summed E-state index contributed by atoms with van der Waals surface area (Å²) in [4.78, 5) is 12.2. The van der Waals surface area contributed by atoms with Crippen molar-refractivity contribution in [3.63, 3.8) is 0 Å². The van der Waals surface area contributed by atoms with Crippen LogP contribution in [0.3, 0.4) is 0 Å². The normalized spacial score (nSPS) is 18.3. The Morgan fingerprint density at radius 3 is 2.50 bits per heavy atom. The van der Waals surface area contributed by atoms with Crippen LogP contribution in [0.25, 0.3) is 0 Å². The van der Waals surface area contributed by atoms with Crippen LogP contribution in [0.5, 0.6) is 0 Å². The van der Waals surface area contributed by atoms with Gasteiger partial charge in [-0.1, -0.05) is 65.5 Å². The van der Waals surface area contributed by atoms with E-state index < -0.39 is 0 Å². The maximum absolute atomic E-state index is 12.2. The van der Waals surface area contributed by atoms with E-state index in [9.17, 15) is 4.79 Å². The van der Waals surface area contributed by atoms with Gasteiger partial charge in [-0.05, 0) is 18.4 Å². The number of carbonyl (C=O) groups is 1. The Labute approximate surface area is 117 Å². The van der Waals surface area contributed by atoms with Gasteiger partial charge in [0.15, 0.2) is 0 Å². The lowest BCUT2D eigenvalue weighted by Gasteiger charge is -2.24. The summed E-state index contributed by atoms with van der Waals surface area (Å²) in [5.41, 5.74) is 1.17. The third kappa shape index (κ3) is 3.58. The largest absolute Gasteiger partial charge is 0.348 e. The second kappa shape index (κ2) is 6.93. The van der Waals surface area contributed by atoms with Crippen LogP contribution in [-0.4, -0.2) is 11.2 Å². The van der Waals surface area contributed by atoms with Crippen molar-refractivity contribution in [2.24, 2.45) is 5.92 Å². The summed E-state index contributed by atoms with van der Waals surface area (Å²) >= 11 is 3.49. The lowest BCUT2D eigenvalue weighted by atomic mass is 9.88. The van der Waals surface area contributed by atoms with E-state index in [4.69, 9.17) is 0 Å². The minimum atomic E-state index is 0.0839. The number of benzene rings is 1. The Hall–Kier alpha value is -0.830. The highest BCUT2D eigenvalue weighted by atomic mass is 79.9. The van der Waals surface area contributed by atoms with Gasteiger partial charge in [-0.2, -0.15) is 0 Å². The van der Waals surface area contributed by atoms with Crippen molar-refractivity contribution in [1.82, 2.24) is 5.32 Å². The van der Waals surface area contributed by atoms with Gasteiger partial charge in [0.1, 0.15) is 0 Å². The molecule has 2 rings (SSSR count). The van der Waals surface area contributed by atoms with Gasteiger partial charge in [-0.15, -0.1) is 0 Å². The average molecular weight is 310 g/mol. The summed E-state index contributed by atoms with van der Waals surface area (Å²) in [6.07, 6.45) is 5.78. The summed E-state index contributed by atoms with van der Waals surface area (Å²) in [7, 11) is 0. The molecule has 18 heavy (non-hydrogen) atoms. The highest BCUT2D eigenvalue weighted by Gasteiger charge is 2.23. The van der Waals surface area contributed by atoms with Crippen molar-refractivity contribution < 1.29 is 4.79 Å². The molecule has 0 spiro atoms. The van der Waals surface area contributed by atoms with Gasteiger partial charge in [0.25, 0.3) is 0 Å². The van der Waals surface area contributed by atoms with Crippen LogP contribution in [0.2, 0.25) is 0 Å². The highest BCUT2D eigenvalue weighted by Crippen LogP contribution is 2.25. The first-order valence-corrected chi connectivity index (χ1v) is 7.84. The van der Waals surface area contributed by atoms with Gasteiger partial charge in [-0.3, -0.25) is 4.79 Å². The molecule has 1 N–H and O–H groups in total. The summed E-state index contributed by atoms with van der Waals surface area (Å²) in [5.74, 6) is 0.451. The first-order chi connectivity index (χ1) is 8.81. The number of hydrogen-bond donors (Lipinski definition) is 1. The predicted molar refractivity (Wildman–Crippen MR) is 77.7 cm³/mol. The highest BCUT2D eigenvalue weighted by molar-refractivity contribution is 9.09. The zero-order valence-corrected chi connectivity index (χ0v) is 12.2. The van der Waals surface area contributed by atoms with Crippen molar-refractivity contribution in [2.75, 3.05) is 5.33 Å². The van der Waals surface area contributed by atoms with E-state index in [0.29, 0.717) is 0 Å². The van der Waals surface area contributed by atoms with Gasteiger partial charge < -0.3 is 5.32 Å². The minimum absolute atomic E-state index is 0.0839. The van der Waals surface area contributed by atoms with E-state index >= 15 is 0 Å². The molecule has 1 fully saturated rings. The van der Waals surface area contributed by atoms with Crippen LogP contribution in [0.1, 0.15) is 43.7 Å². The van der Waals surface area contributed by atoms with Crippen LogP contribution in [0.15, 0.2) is 30.3 Å². The zero-order valence-electron chi connectivity index (χ0n) is 10.6. The number of hydrogen-bond acceptors (Lipinski definition) is 1. The second-order valence-corrected chi connectivity index (χ2v) is 5.61. The maximum Gasteiger partial charge on any atom is 0.223 e. The quantitative estimate of drug-likeness (QED) is 0.842. The van der Waals surface area contributed by atoms with Crippen LogP contribution in [-0.2, 0) is 4.79 Å². The zero-order chi connectivity index (χ0) is 12.8. The molecule has 1 aliphatic carbocycles. The lowest BCUT2D eigenvalue weighted by Crippen LogP contribution is -2.35. The lowest BCUT2D eigenvalue weighted by molar-refractivity contribution is -0.126. The SMILES string of the molecule is O=C(NC(CBr)c1ccccc1)C1CCCCC1. The van der Waals surface area contributed by atoms with Crippen molar-refractivity contribution in [2.45, 2.75) is 38.1 Å². The summed E-state index contributed by atoms with van der Waals surface area (Å²) in [6.45, 7) is 0. The summed E-state index contributed by atoms with van der Waals surface area (Å²) in [5, 5.41) is 3.93. The molecule has 1 atom stereocenters. The molecule has 3 heteroatoms. The first-order valence-electron chi connectivity index (χ1n) is 6.72.